The lowest BCUT2D eigenvalue weighted by atomic mass is 10.3. The van der Waals surface area contributed by atoms with E-state index in [1.54, 1.807) is 42.5 Å². The zero-order valence-electron chi connectivity index (χ0n) is 13.4. The number of anilines is 2. The topological polar surface area (TPSA) is 112 Å². The largest absolute Gasteiger partial charge is 0.356 e. The van der Waals surface area contributed by atoms with Gasteiger partial charge >= 0.3 is 5.69 Å². The molecule has 0 amide bonds. The molecule has 4 rings (SSSR count). The van der Waals surface area contributed by atoms with E-state index in [2.05, 4.69) is 25.6 Å². The van der Waals surface area contributed by atoms with Crippen LogP contribution in [0.3, 0.4) is 0 Å². The van der Waals surface area contributed by atoms with Crippen molar-refractivity contribution in [1.29, 1.82) is 0 Å². The molecule has 11 heteroatoms. The van der Waals surface area contributed by atoms with Crippen molar-refractivity contribution in [1.82, 2.24) is 25.0 Å². The third-order valence-electron chi connectivity index (χ3n) is 3.72. The molecule has 9 nitrogen and oxygen atoms in total. The quantitative estimate of drug-likeness (QED) is 0.403. The second kappa shape index (κ2) is 6.78. The molecular formula is C16H9Cl2N7O2. The fourth-order valence-electron chi connectivity index (χ4n) is 2.52. The first kappa shape index (κ1) is 17.1. The van der Waals surface area contributed by atoms with Crippen LogP contribution < -0.4 is 5.32 Å². The molecule has 2 aromatic carbocycles. The van der Waals surface area contributed by atoms with Crippen molar-refractivity contribution in [2.24, 2.45) is 0 Å². The van der Waals surface area contributed by atoms with Gasteiger partial charge in [0.15, 0.2) is 0 Å². The fraction of sp³-hybridized carbons (Fsp3) is 0. The molecule has 0 aliphatic carbocycles. The van der Waals surface area contributed by atoms with Gasteiger partial charge in [-0.15, -0.1) is 5.10 Å². The first-order chi connectivity index (χ1) is 13.0. The second-order valence-electron chi connectivity index (χ2n) is 5.40. The highest BCUT2D eigenvalue weighted by atomic mass is 35.5. The van der Waals surface area contributed by atoms with Gasteiger partial charge in [0, 0.05) is 5.69 Å². The normalized spacial score (nSPS) is 10.9. The van der Waals surface area contributed by atoms with Crippen molar-refractivity contribution in [3.63, 3.8) is 0 Å². The Morgan fingerprint density at radius 1 is 1.07 bits per heavy atom. The van der Waals surface area contributed by atoms with Crippen LogP contribution in [-0.2, 0) is 0 Å². The Morgan fingerprint density at radius 3 is 2.67 bits per heavy atom. The molecule has 0 saturated heterocycles. The third-order valence-corrected chi connectivity index (χ3v) is 4.46. The van der Waals surface area contributed by atoms with Gasteiger partial charge in [0.1, 0.15) is 11.8 Å². The van der Waals surface area contributed by atoms with Crippen LogP contribution in [0.4, 0.5) is 17.2 Å². The van der Waals surface area contributed by atoms with Gasteiger partial charge in [0.05, 0.1) is 20.5 Å². The minimum atomic E-state index is -0.578. The Balaban J connectivity index is 1.85. The predicted molar refractivity (Wildman–Crippen MR) is 101 cm³/mol. The van der Waals surface area contributed by atoms with Crippen LogP contribution in [-0.4, -0.2) is 29.9 Å². The van der Waals surface area contributed by atoms with Crippen LogP contribution in [0.5, 0.6) is 0 Å². The summed E-state index contributed by atoms with van der Waals surface area (Å²) in [6.45, 7) is 0. The Labute approximate surface area is 161 Å². The lowest BCUT2D eigenvalue weighted by molar-refractivity contribution is -0.384. The fourth-order valence-corrected chi connectivity index (χ4v) is 2.82. The summed E-state index contributed by atoms with van der Waals surface area (Å²) in [6, 6.07) is 11.8. The molecule has 0 bridgehead atoms. The van der Waals surface area contributed by atoms with Gasteiger partial charge in [-0.2, -0.15) is 4.68 Å². The van der Waals surface area contributed by atoms with Crippen molar-refractivity contribution in [2.45, 2.75) is 0 Å². The molecule has 2 heterocycles. The van der Waals surface area contributed by atoms with E-state index in [1.165, 1.54) is 11.0 Å². The number of aromatic nitrogens is 5. The molecule has 2 aromatic heterocycles. The Morgan fingerprint density at radius 2 is 1.89 bits per heavy atom. The highest BCUT2D eigenvalue weighted by Gasteiger charge is 2.26. The molecule has 1 N–H and O–H groups in total. The molecule has 0 unspecified atom stereocenters. The summed E-state index contributed by atoms with van der Waals surface area (Å²) in [5.74, 6) is -0.0192. The summed E-state index contributed by atoms with van der Waals surface area (Å²) in [5, 5.41) is 23.3. The number of nitrogens with one attached hydrogen (secondary N) is 1. The minimum Gasteiger partial charge on any atom is -0.334 e. The minimum absolute atomic E-state index is 0.00809. The van der Waals surface area contributed by atoms with Gasteiger partial charge in [0.2, 0.25) is 11.6 Å². The van der Waals surface area contributed by atoms with E-state index >= 15 is 0 Å². The average molecular weight is 402 g/mol. The molecule has 0 fully saturated rings. The van der Waals surface area contributed by atoms with Gasteiger partial charge in [0.25, 0.3) is 0 Å². The molecule has 0 aliphatic heterocycles. The maximum absolute atomic E-state index is 11.8. The lowest BCUT2D eigenvalue weighted by Crippen LogP contribution is -2.09. The van der Waals surface area contributed by atoms with E-state index < -0.39 is 4.92 Å². The number of hydrogen-bond donors (Lipinski definition) is 1. The van der Waals surface area contributed by atoms with E-state index in [0.717, 1.165) is 0 Å². The zero-order valence-corrected chi connectivity index (χ0v) is 14.9. The van der Waals surface area contributed by atoms with Crippen LogP contribution in [0.25, 0.3) is 16.9 Å². The van der Waals surface area contributed by atoms with Gasteiger partial charge in [-0.1, -0.05) is 40.5 Å². The first-order valence-electron chi connectivity index (χ1n) is 7.57. The number of rotatable bonds is 4. The summed E-state index contributed by atoms with van der Waals surface area (Å²) in [4.78, 5) is 19.2. The lowest BCUT2D eigenvalue weighted by Gasteiger charge is -2.09. The van der Waals surface area contributed by atoms with E-state index in [-0.39, 0.29) is 17.3 Å². The van der Waals surface area contributed by atoms with Gasteiger partial charge in [-0.25, -0.2) is 9.97 Å². The van der Waals surface area contributed by atoms with Crippen LogP contribution in [0.15, 0.2) is 48.8 Å². The molecule has 27 heavy (non-hydrogen) atoms. The highest BCUT2D eigenvalue weighted by Crippen LogP contribution is 2.33. The van der Waals surface area contributed by atoms with Gasteiger partial charge < -0.3 is 5.32 Å². The van der Waals surface area contributed by atoms with E-state index in [4.69, 9.17) is 23.2 Å². The first-order valence-corrected chi connectivity index (χ1v) is 8.32. The monoisotopic (exact) mass is 401 g/mol. The molecule has 0 saturated carbocycles. The molecule has 0 radical (unpaired) electrons. The van der Waals surface area contributed by atoms with Crippen molar-refractivity contribution in [2.75, 3.05) is 5.32 Å². The number of halogens is 2. The SMILES string of the molecule is O=[N+]([O-])c1c(Nc2ccc(Cl)c(Cl)c2)ncnc1-n1nnc2ccccc21. The van der Waals surface area contributed by atoms with E-state index in [9.17, 15) is 10.1 Å². The Hall–Kier alpha value is -3.30. The molecule has 4 aromatic rings. The third kappa shape index (κ3) is 3.14. The highest BCUT2D eigenvalue weighted by molar-refractivity contribution is 6.42. The Bertz CT molecular complexity index is 1180. The average Bonchev–Trinajstić information content (AvgIpc) is 3.08. The van der Waals surface area contributed by atoms with Crippen LogP contribution in [0.2, 0.25) is 10.0 Å². The second-order valence-corrected chi connectivity index (χ2v) is 6.21. The van der Waals surface area contributed by atoms with Crippen molar-refractivity contribution >= 4 is 51.4 Å². The standard InChI is InChI=1S/C16H9Cl2N7O2/c17-10-6-5-9(7-11(10)18)21-15-14(25(26)27)16(20-8-19-15)24-13-4-2-1-3-12(13)22-23-24/h1-8H,(H,19,20,21). The predicted octanol–water partition coefficient (Wildman–Crippen LogP) is 4.17. The van der Waals surface area contributed by atoms with Crippen molar-refractivity contribution < 1.29 is 4.92 Å². The Kier molecular flexibility index (Phi) is 4.30. The van der Waals surface area contributed by atoms with Crippen molar-refractivity contribution in [3.8, 4) is 5.82 Å². The number of fused-ring (bicyclic) bond motifs is 1. The number of hydrogen-bond acceptors (Lipinski definition) is 7. The molecular weight excluding hydrogens is 393 g/mol. The van der Waals surface area contributed by atoms with E-state index in [1.807, 2.05) is 0 Å². The molecule has 0 atom stereocenters. The van der Waals surface area contributed by atoms with E-state index in [0.29, 0.717) is 26.8 Å². The van der Waals surface area contributed by atoms with Gasteiger partial charge in [-0.3, -0.25) is 10.1 Å². The summed E-state index contributed by atoms with van der Waals surface area (Å²) in [6.07, 6.45) is 1.21. The molecule has 0 spiro atoms. The maximum Gasteiger partial charge on any atom is 0.356 e. The van der Waals surface area contributed by atoms with Gasteiger partial charge in [-0.05, 0) is 30.3 Å². The number of nitro groups is 1. The summed E-state index contributed by atoms with van der Waals surface area (Å²) in [7, 11) is 0. The zero-order chi connectivity index (χ0) is 19.0. The van der Waals surface area contributed by atoms with Crippen LogP contribution in [0, 0.1) is 10.1 Å². The van der Waals surface area contributed by atoms with Crippen LogP contribution in [0.1, 0.15) is 0 Å². The van der Waals surface area contributed by atoms with Crippen molar-refractivity contribution in [3.05, 3.63) is 69.0 Å². The smallest absolute Gasteiger partial charge is 0.334 e. The number of nitrogens with zero attached hydrogens (tertiary/aromatic N) is 6. The molecule has 0 aliphatic rings. The number of benzene rings is 2. The summed E-state index contributed by atoms with van der Waals surface area (Å²) < 4.78 is 1.30. The summed E-state index contributed by atoms with van der Waals surface area (Å²) >= 11 is 11.9. The molecule has 134 valence electrons. The summed E-state index contributed by atoms with van der Waals surface area (Å²) in [5.41, 5.74) is 1.31. The maximum atomic E-state index is 11.8. The van der Waals surface area contributed by atoms with Crippen LogP contribution >= 0.6 is 23.2 Å². The number of para-hydroxylation sites is 1.